The number of hydrogen-bond donors (Lipinski definition) is 0. The molecule has 0 bridgehead atoms. The van der Waals surface area contributed by atoms with Crippen molar-refractivity contribution in [2.24, 2.45) is 0 Å². The average Bonchev–Trinajstić information content (AvgIpc) is 2.85. The van der Waals surface area contributed by atoms with Gasteiger partial charge in [-0.25, -0.2) is 0 Å². The van der Waals surface area contributed by atoms with E-state index < -0.39 is 0 Å². The van der Waals surface area contributed by atoms with Gasteiger partial charge in [-0.1, -0.05) is 31.3 Å². The molecule has 78 valence electrons. The molecule has 1 aliphatic carbocycles. The summed E-state index contributed by atoms with van der Waals surface area (Å²) >= 11 is 0. The minimum atomic E-state index is 0.578. The van der Waals surface area contributed by atoms with Gasteiger partial charge in [-0.05, 0) is 19.3 Å². The van der Waals surface area contributed by atoms with Gasteiger partial charge in [-0.15, -0.1) is 0 Å². The second-order valence-corrected chi connectivity index (χ2v) is 4.13. The quantitative estimate of drug-likeness (QED) is 0.739. The van der Waals surface area contributed by atoms with E-state index in [0.717, 1.165) is 24.6 Å². The summed E-state index contributed by atoms with van der Waals surface area (Å²) in [7, 11) is 0. The molecule has 2 rings (SSSR count). The van der Waals surface area contributed by atoms with Crippen LogP contribution in [0.2, 0.25) is 0 Å². The zero-order valence-corrected chi connectivity index (χ0v) is 8.83. The number of aryl methyl sites for hydroxylation is 1. The van der Waals surface area contributed by atoms with Gasteiger partial charge in [0.05, 0.1) is 0 Å². The number of nitrogens with zero attached hydrogens (tertiary/aromatic N) is 2. The summed E-state index contributed by atoms with van der Waals surface area (Å²) < 4.78 is 5.22. The van der Waals surface area contributed by atoms with Crippen molar-refractivity contribution in [2.75, 3.05) is 0 Å². The van der Waals surface area contributed by atoms with Crippen molar-refractivity contribution in [3.05, 3.63) is 11.7 Å². The molecule has 0 spiro atoms. The van der Waals surface area contributed by atoms with Crippen LogP contribution in [-0.2, 0) is 6.42 Å². The summed E-state index contributed by atoms with van der Waals surface area (Å²) in [4.78, 5) is 4.45. The smallest absolute Gasteiger partial charge is 0.226 e. The average molecular weight is 194 g/mol. The van der Waals surface area contributed by atoms with Crippen LogP contribution in [0, 0.1) is 0 Å². The number of rotatable bonds is 4. The molecule has 3 nitrogen and oxygen atoms in total. The van der Waals surface area contributed by atoms with Gasteiger partial charge in [0.15, 0.2) is 5.82 Å². The first-order valence-electron chi connectivity index (χ1n) is 5.72. The molecule has 14 heavy (non-hydrogen) atoms. The zero-order valence-electron chi connectivity index (χ0n) is 8.83. The summed E-state index contributed by atoms with van der Waals surface area (Å²) in [5.41, 5.74) is 0. The van der Waals surface area contributed by atoms with E-state index in [9.17, 15) is 0 Å². The lowest BCUT2D eigenvalue weighted by Gasteiger charge is -1.99. The molecular formula is C11H18N2O. The summed E-state index contributed by atoms with van der Waals surface area (Å²) in [5.74, 6) is 2.36. The van der Waals surface area contributed by atoms with E-state index in [-0.39, 0.29) is 0 Å². The fourth-order valence-corrected chi connectivity index (χ4v) is 2.05. The summed E-state index contributed by atoms with van der Waals surface area (Å²) in [6.07, 6.45) is 8.40. The van der Waals surface area contributed by atoms with Crippen molar-refractivity contribution < 1.29 is 4.52 Å². The highest BCUT2D eigenvalue weighted by atomic mass is 16.5. The van der Waals surface area contributed by atoms with Gasteiger partial charge < -0.3 is 4.52 Å². The first-order chi connectivity index (χ1) is 6.90. The fraction of sp³-hybridized carbons (Fsp3) is 0.818. The second-order valence-electron chi connectivity index (χ2n) is 4.13. The Hall–Kier alpha value is -0.860. The predicted octanol–water partition coefficient (Wildman–Crippen LogP) is 3.07. The van der Waals surface area contributed by atoms with Gasteiger partial charge in [0.2, 0.25) is 5.89 Å². The first-order valence-corrected chi connectivity index (χ1v) is 5.72. The number of unbranched alkanes of at least 4 members (excludes halogenated alkanes) is 1. The topological polar surface area (TPSA) is 38.9 Å². The molecule has 1 heterocycles. The van der Waals surface area contributed by atoms with Crippen LogP contribution < -0.4 is 0 Å². The van der Waals surface area contributed by atoms with Gasteiger partial charge in [0.25, 0.3) is 0 Å². The molecule has 0 aliphatic heterocycles. The van der Waals surface area contributed by atoms with Crippen molar-refractivity contribution in [1.29, 1.82) is 0 Å². The summed E-state index contributed by atoms with van der Waals surface area (Å²) in [5, 5.41) is 4.06. The lowest BCUT2D eigenvalue weighted by Crippen LogP contribution is -1.95. The molecule has 0 N–H and O–H groups in total. The Balaban J connectivity index is 1.94. The third kappa shape index (κ3) is 2.14. The predicted molar refractivity (Wildman–Crippen MR) is 54.1 cm³/mol. The number of aromatic nitrogens is 2. The highest BCUT2D eigenvalue weighted by molar-refractivity contribution is 4.97. The van der Waals surface area contributed by atoms with Gasteiger partial charge in [0.1, 0.15) is 0 Å². The molecule has 1 aromatic rings. The normalized spacial score (nSPS) is 17.8. The van der Waals surface area contributed by atoms with Crippen LogP contribution in [0.4, 0.5) is 0 Å². The standard InChI is InChI=1S/C11H18N2O/c1-2-3-8-10-12-11(13-14-10)9-6-4-5-7-9/h9H,2-8H2,1H3. The molecular weight excluding hydrogens is 176 g/mol. The van der Waals surface area contributed by atoms with Crippen molar-refractivity contribution in [3.63, 3.8) is 0 Å². The van der Waals surface area contributed by atoms with Crippen LogP contribution in [0.5, 0.6) is 0 Å². The van der Waals surface area contributed by atoms with E-state index >= 15 is 0 Å². The number of hydrogen-bond acceptors (Lipinski definition) is 3. The Labute approximate surface area is 84.9 Å². The Kier molecular flexibility index (Phi) is 3.17. The van der Waals surface area contributed by atoms with Gasteiger partial charge in [0, 0.05) is 12.3 Å². The third-order valence-corrected chi connectivity index (χ3v) is 2.95. The molecule has 3 heteroatoms. The van der Waals surface area contributed by atoms with Gasteiger partial charge in [-0.2, -0.15) is 4.98 Å². The highest BCUT2D eigenvalue weighted by Crippen LogP contribution is 2.32. The molecule has 1 saturated carbocycles. The molecule has 0 radical (unpaired) electrons. The lowest BCUT2D eigenvalue weighted by atomic mass is 10.1. The molecule has 0 unspecified atom stereocenters. The van der Waals surface area contributed by atoms with Crippen molar-refractivity contribution in [1.82, 2.24) is 10.1 Å². The zero-order chi connectivity index (χ0) is 9.80. The van der Waals surface area contributed by atoms with Crippen molar-refractivity contribution in [3.8, 4) is 0 Å². The molecule has 0 saturated heterocycles. The third-order valence-electron chi connectivity index (χ3n) is 2.95. The lowest BCUT2D eigenvalue weighted by molar-refractivity contribution is 0.366. The minimum Gasteiger partial charge on any atom is -0.339 e. The molecule has 0 aromatic carbocycles. The van der Waals surface area contributed by atoms with Crippen LogP contribution in [0.25, 0.3) is 0 Å². The molecule has 1 fully saturated rings. The van der Waals surface area contributed by atoms with Crippen LogP contribution >= 0.6 is 0 Å². The molecule has 0 amide bonds. The SMILES string of the molecule is CCCCc1nc(C2CCCC2)no1. The Morgan fingerprint density at radius 2 is 2.14 bits per heavy atom. The van der Waals surface area contributed by atoms with E-state index in [4.69, 9.17) is 4.52 Å². The summed E-state index contributed by atoms with van der Waals surface area (Å²) in [6.45, 7) is 2.17. The maximum absolute atomic E-state index is 5.22. The first kappa shape index (κ1) is 9.69. The maximum atomic E-state index is 5.22. The second kappa shape index (κ2) is 4.58. The van der Waals surface area contributed by atoms with Gasteiger partial charge >= 0.3 is 0 Å². The van der Waals surface area contributed by atoms with Gasteiger partial charge in [-0.3, -0.25) is 0 Å². The van der Waals surface area contributed by atoms with Crippen LogP contribution in [-0.4, -0.2) is 10.1 Å². The Bertz CT molecular complexity index is 277. The van der Waals surface area contributed by atoms with Crippen LogP contribution in [0.3, 0.4) is 0 Å². The maximum Gasteiger partial charge on any atom is 0.226 e. The fourth-order valence-electron chi connectivity index (χ4n) is 2.05. The minimum absolute atomic E-state index is 0.578. The Morgan fingerprint density at radius 3 is 2.86 bits per heavy atom. The largest absolute Gasteiger partial charge is 0.339 e. The Morgan fingerprint density at radius 1 is 1.36 bits per heavy atom. The molecule has 1 aromatic heterocycles. The van der Waals surface area contributed by atoms with Crippen LogP contribution in [0.15, 0.2) is 4.52 Å². The van der Waals surface area contributed by atoms with Crippen molar-refractivity contribution in [2.45, 2.75) is 57.8 Å². The monoisotopic (exact) mass is 194 g/mol. The molecule has 0 atom stereocenters. The van der Waals surface area contributed by atoms with E-state index in [1.807, 2.05) is 0 Å². The van der Waals surface area contributed by atoms with E-state index in [1.54, 1.807) is 0 Å². The highest BCUT2D eigenvalue weighted by Gasteiger charge is 2.21. The molecule has 1 aliphatic rings. The van der Waals surface area contributed by atoms with E-state index in [1.165, 1.54) is 32.1 Å². The summed E-state index contributed by atoms with van der Waals surface area (Å²) in [6, 6.07) is 0. The van der Waals surface area contributed by atoms with Crippen LogP contribution in [0.1, 0.15) is 63.1 Å². The van der Waals surface area contributed by atoms with Crippen molar-refractivity contribution >= 4 is 0 Å². The van der Waals surface area contributed by atoms with E-state index in [2.05, 4.69) is 17.1 Å². The van der Waals surface area contributed by atoms with E-state index in [0.29, 0.717) is 5.92 Å².